The first kappa shape index (κ1) is 48.3. The molecule has 0 bridgehead atoms. The molecule has 5 heterocycles. The van der Waals surface area contributed by atoms with Crippen molar-refractivity contribution < 1.29 is 0 Å². The highest BCUT2D eigenvalue weighted by atomic mass is 15.3. The fourth-order valence-electron chi connectivity index (χ4n) is 12.3. The zero-order valence-electron chi connectivity index (χ0n) is 45.3. The summed E-state index contributed by atoms with van der Waals surface area (Å²) in [4.78, 5) is 35.5. The van der Waals surface area contributed by atoms with E-state index in [9.17, 15) is 0 Å². The standard InChI is InChI=1S/C74H50N10/c1-7-23-51(24-8-1)79(52-25-9-2-10-26-52)57-39-43-65-67(49-57)81(55-31-15-5-16-32-55)61-35-19-21-37-63(61)83(65)69-45-41-59-71-72(76-48-47-75-71)60-42-46-70(78-74(60)73(59)77-69)84-64-38-22-20-36-62(64)82(56-33-17-6-18-34-56)68-50-58(40-44-66(68)84)80(53-27-11-3-12-28-53)54-29-13-4-14-30-54/h1-50H. The van der Waals surface area contributed by atoms with Crippen LogP contribution in [0.3, 0.4) is 0 Å². The highest BCUT2D eigenvalue weighted by Crippen LogP contribution is 2.58. The van der Waals surface area contributed by atoms with Crippen molar-refractivity contribution in [2.45, 2.75) is 0 Å². The molecule has 2 aliphatic heterocycles. The van der Waals surface area contributed by atoms with Gasteiger partial charge in [-0.3, -0.25) is 19.8 Å². The number of rotatable bonds is 10. The molecule has 0 unspecified atom stereocenters. The van der Waals surface area contributed by atoms with Gasteiger partial charge in [-0.05, 0) is 158 Å². The van der Waals surface area contributed by atoms with Gasteiger partial charge in [-0.2, -0.15) is 0 Å². The third kappa shape index (κ3) is 8.03. The lowest BCUT2D eigenvalue weighted by atomic mass is 10.0. The molecule has 0 aliphatic carbocycles. The number of benzene rings is 11. The van der Waals surface area contributed by atoms with Gasteiger partial charge in [0, 0.05) is 68.7 Å². The van der Waals surface area contributed by atoms with Crippen molar-refractivity contribution in [3.8, 4) is 0 Å². The molecule has 10 heteroatoms. The Bertz CT molecular complexity index is 4380. The molecule has 0 spiro atoms. The molecule has 10 nitrogen and oxygen atoms in total. The number of anilines is 18. The quantitative estimate of drug-likeness (QED) is 0.124. The Morgan fingerprint density at radius 2 is 0.524 bits per heavy atom. The molecular weight excluding hydrogens is 1030 g/mol. The lowest BCUT2D eigenvalue weighted by Gasteiger charge is -2.40. The first-order chi connectivity index (χ1) is 41.7. The van der Waals surface area contributed by atoms with E-state index in [1.165, 1.54) is 0 Å². The summed E-state index contributed by atoms with van der Waals surface area (Å²) in [6.07, 6.45) is 3.52. The predicted molar refractivity (Wildman–Crippen MR) is 345 cm³/mol. The second-order valence-corrected chi connectivity index (χ2v) is 20.7. The summed E-state index contributed by atoms with van der Waals surface area (Å²) in [5.41, 5.74) is 19.2. The minimum Gasteiger partial charge on any atom is -0.310 e. The Kier molecular flexibility index (Phi) is 11.6. The monoisotopic (exact) mass is 1080 g/mol. The van der Waals surface area contributed by atoms with Crippen LogP contribution in [-0.4, -0.2) is 19.9 Å². The number of fused-ring (bicyclic) bond motifs is 10. The van der Waals surface area contributed by atoms with Crippen molar-refractivity contribution in [1.29, 1.82) is 0 Å². The molecule has 3 aromatic heterocycles. The third-order valence-electron chi connectivity index (χ3n) is 15.9. The van der Waals surface area contributed by atoms with E-state index in [-0.39, 0.29) is 0 Å². The number of hydrogen-bond donors (Lipinski definition) is 0. The summed E-state index contributed by atoms with van der Waals surface area (Å²) in [7, 11) is 0. The van der Waals surface area contributed by atoms with Crippen molar-refractivity contribution >= 4 is 135 Å². The number of aromatic nitrogens is 4. The Morgan fingerprint density at radius 3 is 0.869 bits per heavy atom. The average molecular weight is 1080 g/mol. The molecule has 14 aromatic rings. The molecule has 11 aromatic carbocycles. The predicted octanol–water partition coefficient (Wildman–Crippen LogP) is 20.2. The fraction of sp³-hybridized carbons (Fsp3) is 0. The number of para-hydroxylation sites is 10. The molecule has 84 heavy (non-hydrogen) atoms. The van der Waals surface area contributed by atoms with Crippen LogP contribution in [0.4, 0.5) is 103 Å². The smallest absolute Gasteiger partial charge is 0.138 e. The highest BCUT2D eigenvalue weighted by molar-refractivity contribution is 6.21. The zero-order chi connectivity index (χ0) is 55.5. The third-order valence-corrected chi connectivity index (χ3v) is 15.9. The first-order valence-corrected chi connectivity index (χ1v) is 28.1. The van der Waals surface area contributed by atoms with Gasteiger partial charge in [-0.15, -0.1) is 0 Å². The number of pyridine rings is 2. The van der Waals surface area contributed by atoms with Crippen molar-refractivity contribution in [3.63, 3.8) is 0 Å². The maximum Gasteiger partial charge on any atom is 0.138 e. The molecule has 0 amide bonds. The molecule has 2 aliphatic rings. The Morgan fingerprint density at radius 1 is 0.226 bits per heavy atom. The van der Waals surface area contributed by atoms with Gasteiger partial charge in [0.25, 0.3) is 0 Å². The molecule has 0 saturated carbocycles. The van der Waals surface area contributed by atoms with Crippen molar-refractivity contribution in [1.82, 2.24) is 19.9 Å². The minimum absolute atomic E-state index is 0.714. The maximum absolute atomic E-state index is 5.78. The second-order valence-electron chi connectivity index (χ2n) is 20.7. The van der Waals surface area contributed by atoms with Crippen molar-refractivity contribution in [2.75, 3.05) is 29.4 Å². The van der Waals surface area contributed by atoms with E-state index in [1.807, 2.05) is 0 Å². The summed E-state index contributed by atoms with van der Waals surface area (Å²) in [6, 6.07) is 103. The fourth-order valence-corrected chi connectivity index (χ4v) is 12.3. The van der Waals surface area contributed by atoms with Gasteiger partial charge >= 0.3 is 0 Å². The Hall–Kier alpha value is -11.6. The SMILES string of the molecule is c1ccc(N(c2ccccc2)c2ccc3c(c2)N(c2ccccc2)c2ccccc2N3c2ccc3c4nccnc4c4ccc(N5c6ccccc6N(c6ccccc6)c6cc(N(c7ccccc7)c7ccccc7)ccc65)nc4c3n2)cc1. The van der Waals surface area contributed by atoms with E-state index in [0.717, 1.165) is 124 Å². The van der Waals surface area contributed by atoms with E-state index in [2.05, 4.69) is 321 Å². The van der Waals surface area contributed by atoms with Crippen LogP contribution in [0.2, 0.25) is 0 Å². The summed E-state index contributed by atoms with van der Waals surface area (Å²) < 4.78 is 0. The summed E-state index contributed by atoms with van der Waals surface area (Å²) in [5.74, 6) is 1.47. The van der Waals surface area contributed by atoms with E-state index in [0.29, 0.717) is 11.0 Å². The molecule has 396 valence electrons. The van der Waals surface area contributed by atoms with Gasteiger partial charge in [0.2, 0.25) is 0 Å². The van der Waals surface area contributed by atoms with Gasteiger partial charge < -0.3 is 19.6 Å². The molecule has 16 rings (SSSR count). The molecule has 0 saturated heterocycles. The highest BCUT2D eigenvalue weighted by Gasteiger charge is 2.35. The Balaban J connectivity index is 0.903. The van der Waals surface area contributed by atoms with Crippen LogP contribution in [0.1, 0.15) is 0 Å². The first-order valence-electron chi connectivity index (χ1n) is 28.1. The van der Waals surface area contributed by atoms with Crippen LogP contribution in [0.15, 0.2) is 304 Å². The minimum atomic E-state index is 0.714. The second kappa shape index (κ2) is 20.2. The summed E-state index contributed by atoms with van der Waals surface area (Å²) >= 11 is 0. The van der Waals surface area contributed by atoms with Crippen molar-refractivity contribution in [2.24, 2.45) is 0 Å². The molecule has 0 fully saturated rings. The normalized spacial score (nSPS) is 12.4. The molecule has 0 N–H and O–H groups in total. The van der Waals surface area contributed by atoms with Crippen LogP contribution in [0.5, 0.6) is 0 Å². The van der Waals surface area contributed by atoms with E-state index in [1.54, 1.807) is 12.4 Å². The van der Waals surface area contributed by atoms with Gasteiger partial charge in [-0.25, -0.2) is 9.97 Å². The van der Waals surface area contributed by atoms with Crippen LogP contribution >= 0.6 is 0 Å². The lowest BCUT2D eigenvalue weighted by molar-refractivity contribution is 1.13. The van der Waals surface area contributed by atoms with Gasteiger partial charge in [0.05, 0.1) is 56.5 Å². The van der Waals surface area contributed by atoms with E-state index >= 15 is 0 Å². The number of nitrogens with zero attached hydrogens (tertiary/aromatic N) is 10. The van der Waals surface area contributed by atoms with Gasteiger partial charge in [0.1, 0.15) is 22.7 Å². The van der Waals surface area contributed by atoms with Gasteiger partial charge in [-0.1, -0.05) is 133 Å². The molecule has 0 atom stereocenters. The van der Waals surface area contributed by atoms with E-state index < -0.39 is 0 Å². The lowest BCUT2D eigenvalue weighted by Crippen LogP contribution is -2.25. The van der Waals surface area contributed by atoms with Crippen LogP contribution in [0.25, 0.3) is 32.8 Å². The van der Waals surface area contributed by atoms with Gasteiger partial charge in [0.15, 0.2) is 0 Å². The molecule has 0 radical (unpaired) electrons. The van der Waals surface area contributed by atoms with Crippen LogP contribution in [0, 0.1) is 0 Å². The largest absolute Gasteiger partial charge is 0.310 e. The maximum atomic E-state index is 5.78. The topological polar surface area (TPSA) is 71.0 Å². The Labute approximate surface area is 485 Å². The van der Waals surface area contributed by atoms with Crippen LogP contribution < -0.4 is 29.4 Å². The van der Waals surface area contributed by atoms with Crippen molar-refractivity contribution in [3.05, 3.63) is 304 Å². The molecular formula is C74H50N10. The average Bonchev–Trinajstić information content (AvgIpc) is 2.22. The van der Waals surface area contributed by atoms with E-state index in [4.69, 9.17) is 19.9 Å². The summed E-state index contributed by atoms with van der Waals surface area (Å²) in [5, 5.41) is 1.71. The zero-order valence-corrected chi connectivity index (χ0v) is 45.3. The number of hydrogen-bond acceptors (Lipinski definition) is 10. The van der Waals surface area contributed by atoms with Crippen LogP contribution in [-0.2, 0) is 0 Å². The summed E-state index contributed by atoms with van der Waals surface area (Å²) in [6.45, 7) is 0.